The lowest BCUT2D eigenvalue weighted by Gasteiger charge is -2.35. The Morgan fingerprint density at radius 2 is 1.56 bits per heavy atom. The van der Waals surface area contributed by atoms with Crippen LogP contribution >= 0.6 is 15.9 Å². The molecule has 0 atom stereocenters. The van der Waals surface area contributed by atoms with Gasteiger partial charge in [0.25, 0.3) is 5.91 Å². The van der Waals surface area contributed by atoms with E-state index in [1.807, 2.05) is 29.2 Å². The number of sulfone groups is 1. The van der Waals surface area contributed by atoms with Gasteiger partial charge in [-0.05, 0) is 62.8 Å². The number of benzene rings is 3. The molecule has 1 saturated heterocycles. The van der Waals surface area contributed by atoms with Gasteiger partial charge in [0, 0.05) is 44.1 Å². The van der Waals surface area contributed by atoms with Crippen molar-refractivity contribution in [1.82, 2.24) is 14.9 Å². The zero-order valence-electron chi connectivity index (χ0n) is 22.5. The summed E-state index contributed by atoms with van der Waals surface area (Å²) in [6.45, 7) is 6.00. The molecule has 2 aliphatic heterocycles. The molecule has 10 heteroatoms. The van der Waals surface area contributed by atoms with Crippen LogP contribution in [0.15, 0.2) is 87.3 Å². The smallest absolute Gasteiger partial charge is 0.254 e. The van der Waals surface area contributed by atoms with Crippen LogP contribution in [-0.2, 0) is 9.84 Å². The van der Waals surface area contributed by atoms with E-state index < -0.39 is 15.6 Å². The summed E-state index contributed by atoms with van der Waals surface area (Å²) in [7, 11) is -4.05. The number of anilines is 1. The van der Waals surface area contributed by atoms with Gasteiger partial charge in [0.1, 0.15) is 0 Å². The van der Waals surface area contributed by atoms with Gasteiger partial charge in [0.2, 0.25) is 15.8 Å². The van der Waals surface area contributed by atoms with Crippen molar-refractivity contribution in [3.05, 3.63) is 99.8 Å². The molecule has 208 valence electrons. The molecular formula is C31H27BrN4O4S. The molecule has 0 bridgehead atoms. The van der Waals surface area contributed by atoms with Crippen LogP contribution in [0.25, 0.3) is 11.1 Å². The maximum atomic E-state index is 13.9. The number of aromatic nitrogens is 2. The first-order chi connectivity index (χ1) is 19.6. The van der Waals surface area contributed by atoms with E-state index in [0.717, 1.165) is 15.6 Å². The molecule has 1 amide bonds. The Kier molecular flexibility index (Phi) is 6.99. The third-order valence-electron chi connectivity index (χ3n) is 7.63. The largest absolute Gasteiger partial charge is 0.337 e. The van der Waals surface area contributed by atoms with Gasteiger partial charge < -0.3 is 9.80 Å². The molecule has 4 aromatic rings. The summed E-state index contributed by atoms with van der Waals surface area (Å²) in [6.07, 6.45) is 3.34. The van der Waals surface area contributed by atoms with Crippen LogP contribution in [0.4, 0.5) is 5.95 Å². The van der Waals surface area contributed by atoms with Crippen molar-refractivity contribution in [2.45, 2.75) is 29.6 Å². The Morgan fingerprint density at radius 1 is 0.878 bits per heavy atom. The van der Waals surface area contributed by atoms with Gasteiger partial charge in [-0.25, -0.2) is 18.4 Å². The topological polar surface area (TPSA) is 101 Å². The molecule has 0 saturated carbocycles. The minimum atomic E-state index is -4.05. The highest BCUT2D eigenvalue weighted by molar-refractivity contribution is 9.10. The van der Waals surface area contributed by atoms with Crippen molar-refractivity contribution in [3.8, 4) is 11.1 Å². The van der Waals surface area contributed by atoms with Crippen LogP contribution in [-0.4, -0.2) is 61.2 Å². The molecule has 0 N–H and O–H groups in total. The first-order valence-electron chi connectivity index (χ1n) is 13.3. The fourth-order valence-corrected chi connectivity index (χ4v) is 7.26. The van der Waals surface area contributed by atoms with Crippen LogP contribution in [0.1, 0.15) is 51.6 Å². The molecule has 0 spiro atoms. The predicted octanol–water partition coefficient (Wildman–Crippen LogP) is 5.37. The maximum Gasteiger partial charge on any atom is 0.254 e. The standard InChI is InChI=1S/C31H27BrN4O4S/c1-19(2)20-5-3-6-21(15-20)22-9-10-24-27(16-22)41(39,40)26-8-4-7-25(28(26)29(24)37)30(38)35-11-13-36(14-12-35)31-33-17-23(32)18-34-31/h3-10,15-19H,11-14H2,1-2H3. The monoisotopic (exact) mass is 630 g/mol. The molecule has 41 heavy (non-hydrogen) atoms. The lowest BCUT2D eigenvalue weighted by Crippen LogP contribution is -2.49. The van der Waals surface area contributed by atoms with Gasteiger partial charge in [-0.15, -0.1) is 0 Å². The molecule has 3 aromatic carbocycles. The zero-order chi connectivity index (χ0) is 28.9. The Bertz CT molecular complexity index is 1800. The third kappa shape index (κ3) is 4.85. The second-order valence-electron chi connectivity index (χ2n) is 10.5. The van der Waals surface area contributed by atoms with Gasteiger partial charge in [-0.2, -0.15) is 0 Å². The number of piperazine rings is 1. The molecule has 0 unspecified atom stereocenters. The van der Waals surface area contributed by atoms with E-state index in [9.17, 15) is 18.0 Å². The second-order valence-corrected chi connectivity index (χ2v) is 13.3. The molecule has 1 aromatic heterocycles. The number of carbonyl (C=O) groups excluding carboxylic acids is 2. The number of fused-ring (bicyclic) bond motifs is 2. The zero-order valence-corrected chi connectivity index (χ0v) is 24.9. The van der Waals surface area contributed by atoms with Crippen molar-refractivity contribution in [3.63, 3.8) is 0 Å². The Hall–Kier alpha value is -3.89. The van der Waals surface area contributed by atoms with E-state index in [4.69, 9.17) is 0 Å². The van der Waals surface area contributed by atoms with Crippen molar-refractivity contribution in [2.75, 3.05) is 31.1 Å². The molecule has 0 aliphatic carbocycles. The van der Waals surface area contributed by atoms with Gasteiger partial charge in [0.05, 0.1) is 25.4 Å². The van der Waals surface area contributed by atoms with Crippen molar-refractivity contribution >= 4 is 43.4 Å². The molecule has 8 nitrogen and oxygen atoms in total. The molecule has 2 aliphatic rings. The highest BCUT2D eigenvalue weighted by Crippen LogP contribution is 2.39. The summed E-state index contributed by atoms with van der Waals surface area (Å²) in [5, 5.41) is 0. The number of carbonyl (C=O) groups is 2. The fourth-order valence-electron chi connectivity index (χ4n) is 5.36. The normalized spacial score (nSPS) is 16.0. The van der Waals surface area contributed by atoms with Gasteiger partial charge in [-0.1, -0.05) is 50.2 Å². The SMILES string of the molecule is CC(C)c1cccc(-c2ccc3c(c2)S(=O)(=O)c2cccc(C(=O)N4CCN(c5ncc(Br)cn5)CC4)c2C3=O)c1. The number of ketones is 1. The molecular weight excluding hydrogens is 604 g/mol. The minimum Gasteiger partial charge on any atom is -0.337 e. The van der Waals surface area contributed by atoms with E-state index in [-0.39, 0.29) is 32.4 Å². The van der Waals surface area contributed by atoms with Crippen molar-refractivity contribution in [1.29, 1.82) is 0 Å². The van der Waals surface area contributed by atoms with E-state index in [1.54, 1.807) is 35.5 Å². The van der Waals surface area contributed by atoms with Crippen molar-refractivity contribution in [2.24, 2.45) is 0 Å². The molecule has 6 rings (SSSR count). The van der Waals surface area contributed by atoms with Gasteiger partial charge >= 0.3 is 0 Å². The number of nitrogens with zero attached hydrogens (tertiary/aromatic N) is 4. The van der Waals surface area contributed by atoms with Crippen molar-refractivity contribution < 1.29 is 18.0 Å². The summed E-state index contributed by atoms with van der Waals surface area (Å²) in [5.74, 6) is 0.0638. The number of hydrogen-bond donors (Lipinski definition) is 0. The van der Waals surface area contributed by atoms with Crippen LogP contribution in [0.2, 0.25) is 0 Å². The summed E-state index contributed by atoms with van der Waals surface area (Å²) in [6, 6.07) is 17.3. The first kappa shape index (κ1) is 27.3. The van der Waals surface area contributed by atoms with Crippen LogP contribution in [0, 0.1) is 0 Å². The Balaban J connectivity index is 1.31. The number of halogens is 1. The highest BCUT2D eigenvalue weighted by atomic mass is 79.9. The van der Waals surface area contributed by atoms with E-state index in [2.05, 4.69) is 39.7 Å². The van der Waals surface area contributed by atoms with Crippen LogP contribution < -0.4 is 4.90 Å². The average Bonchev–Trinajstić information content (AvgIpc) is 2.99. The lowest BCUT2D eigenvalue weighted by molar-refractivity contribution is 0.0741. The summed E-state index contributed by atoms with van der Waals surface area (Å²) in [5.41, 5.74) is 2.86. The second kappa shape index (κ2) is 10.5. The Labute approximate surface area is 247 Å². The van der Waals surface area contributed by atoms with Gasteiger partial charge in [-0.3, -0.25) is 9.59 Å². The van der Waals surface area contributed by atoms with E-state index >= 15 is 0 Å². The third-order valence-corrected chi connectivity index (χ3v) is 9.88. The fraction of sp³-hybridized carbons (Fsp3) is 0.226. The average molecular weight is 632 g/mol. The highest BCUT2D eigenvalue weighted by Gasteiger charge is 2.38. The lowest BCUT2D eigenvalue weighted by atomic mass is 9.93. The summed E-state index contributed by atoms with van der Waals surface area (Å²) >= 11 is 3.33. The Morgan fingerprint density at radius 3 is 2.27 bits per heavy atom. The predicted molar refractivity (Wildman–Crippen MR) is 159 cm³/mol. The summed E-state index contributed by atoms with van der Waals surface area (Å²) < 4.78 is 28.5. The molecule has 0 radical (unpaired) electrons. The minimum absolute atomic E-state index is 0.0323. The van der Waals surface area contributed by atoms with Crippen LogP contribution in [0.3, 0.4) is 0 Å². The number of rotatable bonds is 4. The van der Waals surface area contributed by atoms with E-state index in [1.165, 1.54) is 18.2 Å². The van der Waals surface area contributed by atoms with E-state index in [0.29, 0.717) is 43.6 Å². The van der Waals surface area contributed by atoms with Crippen LogP contribution in [0.5, 0.6) is 0 Å². The molecule has 3 heterocycles. The summed E-state index contributed by atoms with van der Waals surface area (Å²) in [4.78, 5) is 39.6. The maximum absolute atomic E-state index is 13.9. The quantitative estimate of drug-likeness (QED) is 0.263. The number of hydrogen-bond acceptors (Lipinski definition) is 7. The number of amides is 1. The molecule has 1 fully saturated rings. The first-order valence-corrected chi connectivity index (χ1v) is 15.6. The van der Waals surface area contributed by atoms with Gasteiger partial charge in [0.15, 0.2) is 5.78 Å².